The van der Waals surface area contributed by atoms with Crippen molar-refractivity contribution in [2.24, 2.45) is 5.92 Å². The Morgan fingerprint density at radius 3 is 2.00 bits per heavy atom. The molecule has 4 rings (SSSR count). The van der Waals surface area contributed by atoms with E-state index in [1.165, 1.54) is 6.42 Å². The summed E-state index contributed by atoms with van der Waals surface area (Å²) < 4.78 is 0. The van der Waals surface area contributed by atoms with E-state index in [9.17, 15) is 4.79 Å². The molecule has 1 saturated heterocycles. The van der Waals surface area contributed by atoms with Crippen molar-refractivity contribution in [3.63, 3.8) is 0 Å². The fraction of sp³-hybridized carbons (Fsp3) is 0.316. The molecule has 2 heteroatoms. The Bertz CT molecular complexity index is 610. The molecule has 106 valence electrons. The van der Waals surface area contributed by atoms with Crippen LogP contribution in [0.4, 0.5) is 0 Å². The first-order valence-electron chi connectivity index (χ1n) is 7.75. The highest BCUT2D eigenvalue weighted by molar-refractivity contribution is 5.95. The quantitative estimate of drug-likeness (QED) is 0.897. The number of benzene rings is 2. The van der Waals surface area contributed by atoms with Crippen LogP contribution in [0.3, 0.4) is 0 Å². The molecule has 0 aromatic heterocycles. The molecule has 2 aliphatic rings. The minimum absolute atomic E-state index is 0.176. The zero-order valence-corrected chi connectivity index (χ0v) is 12.0. The monoisotopic (exact) mass is 277 g/mol. The molecule has 2 aromatic rings. The van der Waals surface area contributed by atoms with Gasteiger partial charge in [0.05, 0.1) is 0 Å². The highest BCUT2D eigenvalue weighted by Crippen LogP contribution is 2.50. The molecule has 1 N–H and O–H groups in total. The maximum atomic E-state index is 13.0. The molecule has 0 radical (unpaired) electrons. The van der Waals surface area contributed by atoms with Crippen molar-refractivity contribution in [3.05, 3.63) is 71.8 Å². The first kappa shape index (κ1) is 12.6. The molecule has 2 fully saturated rings. The normalized spacial score (nSPS) is 26.4. The van der Waals surface area contributed by atoms with Gasteiger partial charge in [-0.05, 0) is 24.0 Å². The number of carbonyl (C=O) groups is 1. The summed E-state index contributed by atoms with van der Waals surface area (Å²) in [4.78, 5) is 13.0. The molecule has 21 heavy (non-hydrogen) atoms. The van der Waals surface area contributed by atoms with Crippen molar-refractivity contribution in [2.75, 3.05) is 0 Å². The van der Waals surface area contributed by atoms with Crippen molar-refractivity contribution in [1.29, 1.82) is 0 Å². The molecule has 1 amide bonds. The second-order valence-corrected chi connectivity index (χ2v) is 6.16. The van der Waals surface area contributed by atoms with Gasteiger partial charge in [0.15, 0.2) is 0 Å². The SMILES string of the molecule is O=C1NC2CCCC2C1(c1ccccc1)c1ccccc1. The van der Waals surface area contributed by atoms with E-state index >= 15 is 0 Å². The maximum absolute atomic E-state index is 13.0. The predicted octanol–water partition coefficient (Wildman–Crippen LogP) is 3.27. The average Bonchev–Trinajstić information content (AvgIpc) is 3.08. The van der Waals surface area contributed by atoms with Gasteiger partial charge < -0.3 is 5.32 Å². The lowest BCUT2D eigenvalue weighted by atomic mass is 9.66. The van der Waals surface area contributed by atoms with Crippen molar-refractivity contribution < 1.29 is 4.79 Å². The molecule has 2 unspecified atom stereocenters. The largest absolute Gasteiger partial charge is 0.352 e. The van der Waals surface area contributed by atoms with Crippen LogP contribution in [0.1, 0.15) is 30.4 Å². The van der Waals surface area contributed by atoms with Gasteiger partial charge in [0.1, 0.15) is 5.41 Å². The van der Waals surface area contributed by atoms with Crippen LogP contribution in [0.5, 0.6) is 0 Å². The second-order valence-electron chi connectivity index (χ2n) is 6.16. The van der Waals surface area contributed by atoms with Gasteiger partial charge in [0, 0.05) is 12.0 Å². The average molecular weight is 277 g/mol. The fourth-order valence-electron chi connectivity index (χ4n) is 4.36. The third kappa shape index (κ3) is 1.68. The van der Waals surface area contributed by atoms with Gasteiger partial charge in [-0.25, -0.2) is 0 Å². The summed E-state index contributed by atoms with van der Waals surface area (Å²) in [6.45, 7) is 0. The zero-order chi connectivity index (χ0) is 14.3. The molecular weight excluding hydrogens is 258 g/mol. The molecular formula is C19H19NO. The third-order valence-electron chi connectivity index (χ3n) is 5.21. The summed E-state index contributed by atoms with van der Waals surface area (Å²) in [7, 11) is 0. The lowest BCUT2D eigenvalue weighted by molar-refractivity contribution is -0.123. The van der Waals surface area contributed by atoms with Gasteiger partial charge in [-0.15, -0.1) is 0 Å². The highest BCUT2D eigenvalue weighted by atomic mass is 16.2. The van der Waals surface area contributed by atoms with Gasteiger partial charge in [-0.1, -0.05) is 67.1 Å². The molecule has 1 heterocycles. The summed E-state index contributed by atoms with van der Waals surface area (Å²) in [6.07, 6.45) is 3.43. The topological polar surface area (TPSA) is 29.1 Å². The van der Waals surface area contributed by atoms with Crippen LogP contribution in [0.25, 0.3) is 0 Å². The summed E-state index contributed by atoms with van der Waals surface area (Å²) in [5.74, 6) is 0.546. The van der Waals surface area contributed by atoms with E-state index in [1.54, 1.807) is 0 Å². The zero-order valence-electron chi connectivity index (χ0n) is 12.0. The Labute approximate surface area is 125 Å². The Hall–Kier alpha value is -2.09. The van der Waals surface area contributed by atoms with E-state index in [1.807, 2.05) is 36.4 Å². The second kappa shape index (κ2) is 4.73. The molecule has 1 aliphatic carbocycles. The number of hydrogen-bond acceptors (Lipinski definition) is 1. The minimum atomic E-state index is -0.510. The molecule has 1 saturated carbocycles. The molecule has 2 atom stereocenters. The van der Waals surface area contributed by atoms with Crippen LogP contribution in [-0.4, -0.2) is 11.9 Å². The molecule has 2 nitrogen and oxygen atoms in total. The number of rotatable bonds is 2. The van der Waals surface area contributed by atoms with Crippen LogP contribution in [0, 0.1) is 5.92 Å². The van der Waals surface area contributed by atoms with Crippen molar-refractivity contribution in [1.82, 2.24) is 5.32 Å². The van der Waals surface area contributed by atoms with Gasteiger partial charge >= 0.3 is 0 Å². The lowest BCUT2D eigenvalue weighted by Gasteiger charge is -2.33. The van der Waals surface area contributed by atoms with E-state index in [0.29, 0.717) is 12.0 Å². The highest BCUT2D eigenvalue weighted by Gasteiger charge is 2.58. The lowest BCUT2D eigenvalue weighted by Crippen LogP contribution is -2.40. The van der Waals surface area contributed by atoms with Crippen LogP contribution in [0.2, 0.25) is 0 Å². The number of nitrogens with one attached hydrogen (secondary N) is 1. The molecule has 0 bridgehead atoms. The van der Waals surface area contributed by atoms with Gasteiger partial charge in [-0.3, -0.25) is 4.79 Å². The summed E-state index contributed by atoms with van der Waals surface area (Å²) >= 11 is 0. The van der Waals surface area contributed by atoms with E-state index in [-0.39, 0.29) is 5.91 Å². The van der Waals surface area contributed by atoms with Crippen molar-refractivity contribution in [2.45, 2.75) is 30.7 Å². The van der Waals surface area contributed by atoms with Crippen LogP contribution in [0.15, 0.2) is 60.7 Å². The Morgan fingerprint density at radius 2 is 1.43 bits per heavy atom. The van der Waals surface area contributed by atoms with Crippen LogP contribution < -0.4 is 5.32 Å². The van der Waals surface area contributed by atoms with Gasteiger partial charge in [-0.2, -0.15) is 0 Å². The van der Waals surface area contributed by atoms with Crippen molar-refractivity contribution >= 4 is 5.91 Å². The number of hydrogen-bond donors (Lipinski definition) is 1. The first-order chi connectivity index (χ1) is 10.3. The Morgan fingerprint density at radius 1 is 0.857 bits per heavy atom. The minimum Gasteiger partial charge on any atom is -0.352 e. The molecule has 0 spiro atoms. The first-order valence-corrected chi connectivity index (χ1v) is 7.75. The van der Waals surface area contributed by atoms with Gasteiger partial charge in [0.2, 0.25) is 5.91 Å². The van der Waals surface area contributed by atoms with Crippen LogP contribution in [-0.2, 0) is 10.2 Å². The van der Waals surface area contributed by atoms with Crippen molar-refractivity contribution in [3.8, 4) is 0 Å². The smallest absolute Gasteiger partial charge is 0.235 e. The Kier molecular flexibility index (Phi) is 2.85. The maximum Gasteiger partial charge on any atom is 0.235 e. The van der Waals surface area contributed by atoms with Crippen LogP contribution >= 0.6 is 0 Å². The number of carbonyl (C=O) groups excluding carboxylic acids is 1. The van der Waals surface area contributed by atoms with E-state index in [0.717, 1.165) is 24.0 Å². The van der Waals surface area contributed by atoms with E-state index in [4.69, 9.17) is 0 Å². The summed E-state index contributed by atoms with van der Waals surface area (Å²) in [5, 5.41) is 3.26. The Balaban J connectivity index is 1.97. The molecule has 2 aromatic carbocycles. The number of fused-ring (bicyclic) bond motifs is 1. The van der Waals surface area contributed by atoms with Gasteiger partial charge in [0.25, 0.3) is 0 Å². The fourth-order valence-corrected chi connectivity index (χ4v) is 4.36. The standard InChI is InChI=1S/C19H19NO/c21-18-19(14-8-3-1-4-9-14,15-10-5-2-6-11-15)16-12-7-13-17(16)20-18/h1-6,8-11,16-17H,7,12-13H2,(H,20,21). The summed E-state index contributed by atoms with van der Waals surface area (Å²) in [6, 6.07) is 20.9. The molecule has 1 aliphatic heterocycles. The predicted molar refractivity (Wildman–Crippen MR) is 82.9 cm³/mol. The third-order valence-corrected chi connectivity index (χ3v) is 5.21. The van der Waals surface area contributed by atoms with E-state index < -0.39 is 5.41 Å². The van der Waals surface area contributed by atoms with E-state index in [2.05, 4.69) is 29.6 Å². The number of amides is 1. The summed E-state index contributed by atoms with van der Waals surface area (Å²) in [5.41, 5.74) is 1.75.